The predicted molar refractivity (Wildman–Crippen MR) is 89.7 cm³/mol. The average Bonchev–Trinajstić information content (AvgIpc) is 2.89. The van der Waals surface area contributed by atoms with Crippen molar-refractivity contribution in [3.63, 3.8) is 0 Å². The lowest BCUT2D eigenvalue weighted by Crippen LogP contribution is -2.15. The molecule has 0 aliphatic rings. The summed E-state index contributed by atoms with van der Waals surface area (Å²) in [6.07, 6.45) is 3.84. The molecule has 2 atom stereocenters. The Kier molecular flexibility index (Phi) is 5.41. The molecular formula is C15H19Br2N3. The van der Waals surface area contributed by atoms with Crippen molar-refractivity contribution in [3.05, 3.63) is 50.7 Å². The molecule has 3 nitrogen and oxygen atoms in total. The summed E-state index contributed by atoms with van der Waals surface area (Å²) in [5.74, 6) is 0. The zero-order valence-corrected chi connectivity index (χ0v) is 14.9. The van der Waals surface area contributed by atoms with Crippen molar-refractivity contribution in [1.29, 1.82) is 0 Å². The Morgan fingerprint density at radius 1 is 1.30 bits per heavy atom. The highest BCUT2D eigenvalue weighted by Crippen LogP contribution is 2.27. The first-order chi connectivity index (χ1) is 9.51. The summed E-state index contributed by atoms with van der Waals surface area (Å²) in [4.78, 5) is 0. The smallest absolute Gasteiger partial charge is 0.0643 e. The Morgan fingerprint density at radius 3 is 2.75 bits per heavy atom. The Morgan fingerprint density at radius 2 is 2.05 bits per heavy atom. The van der Waals surface area contributed by atoms with Gasteiger partial charge in [-0.05, 0) is 43.2 Å². The van der Waals surface area contributed by atoms with Gasteiger partial charge in [-0.1, -0.05) is 38.8 Å². The Balaban J connectivity index is 2.13. The van der Waals surface area contributed by atoms with E-state index in [4.69, 9.17) is 5.73 Å². The maximum Gasteiger partial charge on any atom is 0.0643 e. The quantitative estimate of drug-likeness (QED) is 0.795. The normalized spacial score (nSPS) is 14.2. The van der Waals surface area contributed by atoms with Gasteiger partial charge < -0.3 is 5.73 Å². The number of halogens is 2. The molecule has 2 N–H and O–H groups in total. The Labute approximate surface area is 136 Å². The molecule has 1 aromatic carbocycles. The molecule has 0 radical (unpaired) electrons. The second-order valence-electron chi connectivity index (χ2n) is 5.02. The molecule has 5 heteroatoms. The maximum atomic E-state index is 6.31. The molecule has 0 aliphatic heterocycles. The number of rotatable bonds is 5. The van der Waals surface area contributed by atoms with Crippen LogP contribution >= 0.6 is 31.9 Å². The largest absolute Gasteiger partial charge is 0.324 e. The first-order valence-electron chi connectivity index (χ1n) is 6.75. The van der Waals surface area contributed by atoms with Gasteiger partial charge in [0.1, 0.15) is 0 Å². The molecule has 108 valence electrons. The average molecular weight is 401 g/mol. The van der Waals surface area contributed by atoms with Crippen LogP contribution in [0.4, 0.5) is 0 Å². The van der Waals surface area contributed by atoms with Gasteiger partial charge in [0.05, 0.1) is 5.69 Å². The third-order valence-electron chi connectivity index (χ3n) is 3.49. The highest BCUT2D eigenvalue weighted by atomic mass is 79.9. The zero-order valence-electron chi connectivity index (χ0n) is 11.7. The minimum Gasteiger partial charge on any atom is -0.324 e. The van der Waals surface area contributed by atoms with Gasteiger partial charge in [0.15, 0.2) is 0 Å². The van der Waals surface area contributed by atoms with E-state index in [9.17, 15) is 0 Å². The molecular weight excluding hydrogens is 382 g/mol. The van der Waals surface area contributed by atoms with E-state index in [2.05, 4.69) is 62.9 Å². The zero-order chi connectivity index (χ0) is 14.7. The number of nitrogens with zero attached hydrogens (tertiary/aromatic N) is 2. The lowest BCUT2D eigenvalue weighted by molar-refractivity contribution is 0.472. The highest BCUT2D eigenvalue weighted by molar-refractivity contribution is 9.11. The molecule has 2 rings (SSSR count). The molecule has 0 spiro atoms. The maximum absolute atomic E-state index is 6.31. The Bertz CT molecular complexity index is 580. The molecule has 0 saturated heterocycles. The van der Waals surface area contributed by atoms with Gasteiger partial charge in [-0.2, -0.15) is 5.10 Å². The van der Waals surface area contributed by atoms with Crippen LogP contribution in [0.25, 0.3) is 0 Å². The van der Waals surface area contributed by atoms with Crippen molar-refractivity contribution < 1.29 is 0 Å². The second kappa shape index (κ2) is 6.87. The fraction of sp³-hybridized carbons (Fsp3) is 0.400. The van der Waals surface area contributed by atoms with Crippen molar-refractivity contribution in [2.45, 2.75) is 38.8 Å². The lowest BCUT2D eigenvalue weighted by atomic mass is 10.0. The third-order valence-corrected chi connectivity index (χ3v) is 4.71. The molecule has 0 fully saturated rings. The lowest BCUT2D eigenvalue weighted by Gasteiger charge is -2.13. The van der Waals surface area contributed by atoms with Gasteiger partial charge in [0, 0.05) is 33.6 Å². The summed E-state index contributed by atoms with van der Waals surface area (Å²) in [5.41, 5.74) is 8.44. The van der Waals surface area contributed by atoms with Crippen molar-refractivity contribution in [1.82, 2.24) is 9.78 Å². The van der Waals surface area contributed by atoms with Crippen molar-refractivity contribution in [3.8, 4) is 0 Å². The number of nitrogens with two attached hydrogens (primary N) is 1. The van der Waals surface area contributed by atoms with E-state index in [1.54, 1.807) is 0 Å². The molecule has 0 amide bonds. The van der Waals surface area contributed by atoms with E-state index in [1.165, 1.54) is 0 Å². The van der Waals surface area contributed by atoms with E-state index < -0.39 is 0 Å². The van der Waals surface area contributed by atoms with Crippen LogP contribution in [0.1, 0.15) is 43.6 Å². The molecule has 0 aliphatic carbocycles. The SMILES string of the molecule is CCC(C)n1ccc(CC(N)c2cc(Br)ccc2Br)n1. The fourth-order valence-electron chi connectivity index (χ4n) is 2.05. The van der Waals surface area contributed by atoms with Crippen LogP contribution in [0.3, 0.4) is 0 Å². The standard InChI is InChI=1S/C15H19Br2N3/c1-3-10(2)20-7-6-12(19-20)9-15(18)13-8-11(16)4-5-14(13)17/h4-8,10,15H,3,9,18H2,1-2H3. The van der Waals surface area contributed by atoms with Crippen LogP contribution in [0, 0.1) is 0 Å². The van der Waals surface area contributed by atoms with Crippen LogP contribution in [-0.4, -0.2) is 9.78 Å². The van der Waals surface area contributed by atoms with Crippen molar-refractivity contribution in [2.75, 3.05) is 0 Å². The first kappa shape index (κ1) is 15.7. The van der Waals surface area contributed by atoms with E-state index in [-0.39, 0.29) is 6.04 Å². The van der Waals surface area contributed by atoms with Crippen LogP contribution < -0.4 is 5.73 Å². The second-order valence-corrected chi connectivity index (χ2v) is 6.79. The summed E-state index contributed by atoms with van der Waals surface area (Å²) >= 11 is 7.04. The molecule has 0 saturated carbocycles. The van der Waals surface area contributed by atoms with Gasteiger partial charge in [-0.15, -0.1) is 0 Å². The molecule has 2 unspecified atom stereocenters. The summed E-state index contributed by atoms with van der Waals surface area (Å²) in [5, 5.41) is 4.61. The predicted octanol–water partition coefficient (Wildman–Crippen LogP) is 4.62. The highest BCUT2D eigenvalue weighted by Gasteiger charge is 2.13. The molecule has 1 heterocycles. The van der Waals surface area contributed by atoms with Gasteiger partial charge in [-0.25, -0.2) is 0 Å². The number of aromatic nitrogens is 2. The van der Waals surface area contributed by atoms with E-state index in [0.29, 0.717) is 6.04 Å². The molecule has 0 bridgehead atoms. The van der Waals surface area contributed by atoms with E-state index >= 15 is 0 Å². The first-order valence-corrected chi connectivity index (χ1v) is 8.34. The van der Waals surface area contributed by atoms with Gasteiger partial charge >= 0.3 is 0 Å². The Hall–Kier alpha value is -0.650. The summed E-state index contributed by atoms with van der Waals surface area (Å²) < 4.78 is 4.09. The molecule has 20 heavy (non-hydrogen) atoms. The molecule has 1 aromatic heterocycles. The van der Waals surface area contributed by atoms with Gasteiger partial charge in [0.2, 0.25) is 0 Å². The van der Waals surface area contributed by atoms with Crippen LogP contribution in [0.5, 0.6) is 0 Å². The van der Waals surface area contributed by atoms with Crippen LogP contribution in [-0.2, 0) is 6.42 Å². The number of hydrogen-bond donors (Lipinski definition) is 1. The number of benzene rings is 1. The van der Waals surface area contributed by atoms with E-state index in [0.717, 1.165) is 33.0 Å². The summed E-state index contributed by atoms with van der Waals surface area (Å²) in [6, 6.07) is 8.48. The number of hydrogen-bond acceptors (Lipinski definition) is 2. The minimum absolute atomic E-state index is 0.0674. The topological polar surface area (TPSA) is 43.8 Å². The van der Waals surface area contributed by atoms with Crippen LogP contribution in [0.15, 0.2) is 39.4 Å². The van der Waals surface area contributed by atoms with Crippen LogP contribution in [0.2, 0.25) is 0 Å². The van der Waals surface area contributed by atoms with E-state index in [1.807, 2.05) is 23.0 Å². The minimum atomic E-state index is -0.0674. The summed E-state index contributed by atoms with van der Waals surface area (Å²) in [6.45, 7) is 4.33. The van der Waals surface area contributed by atoms with Crippen molar-refractivity contribution in [2.24, 2.45) is 5.73 Å². The summed E-state index contributed by atoms with van der Waals surface area (Å²) in [7, 11) is 0. The van der Waals surface area contributed by atoms with Crippen molar-refractivity contribution >= 4 is 31.9 Å². The fourth-order valence-corrected chi connectivity index (χ4v) is 2.97. The third kappa shape index (κ3) is 3.71. The molecule has 2 aromatic rings. The van der Waals surface area contributed by atoms with Gasteiger partial charge in [0.25, 0.3) is 0 Å². The monoisotopic (exact) mass is 399 g/mol. The van der Waals surface area contributed by atoms with Gasteiger partial charge in [-0.3, -0.25) is 4.68 Å².